The van der Waals surface area contributed by atoms with E-state index in [0.717, 1.165) is 30.2 Å². The van der Waals surface area contributed by atoms with Crippen molar-refractivity contribution in [3.8, 4) is 18.1 Å². The SMILES string of the molecule is C#CCOc1ccc(CCNc2cc(COC)nc3ncnn23)cc1. The number of ether oxygens (including phenoxy) is 2. The minimum absolute atomic E-state index is 0.278. The standard InChI is InChI=1S/C18H19N5O2/c1-3-10-25-16-6-4-14(5-7-16)8-9-19-17-11-15(12-24-2)22-18-20-13-21-23(17)18/h1,4-7,11,13,19H,8-10,12H2,2H3. The molecule has 0 saturated carbocycles. The number of hydrogen-bond donors (Lipinski definition) is 1. The molecule has 1 aromatic carbocycles. The largest absolute Gasteiger partial charge is 0.481 e. The number of aromatic nitrogens is 4. The van der Waals surface area contributed by atoms with Gasteiger partial charge in [-0.05, 0) is 24.1 Å². The Balaban J connectivity index is 1.62. The van der Waals surface area contributed by atoms with Gasteiger partial charge in [0.1, 0.15) is 24.5 Å². The maximum absolute atomic E-state index is 5.37. The minimum atomic E-state index is 0.278. The van der Waals surface area contributed by atoms with Crippen molar-refractivity contribution < 1.29 is 9.47 Å². The summed E-state index contributed by atoms with van der Waals surface area (Å²) >= 11 is 0. The summed E-state index contributed by atoms with van der Waals surface area (Å²) < 4.78 is 12.2. The Bertz CT molecular complexity index is 867. The van der Waals surface area contributed by atoms with Gasteiger partial charge in [-0.25, -0.2) is 4.98 Å². The molecule has 2 aromatic heterocycles. The fraction of sp³-hybridized carbons (Fsp3) is 0.278. The highest BCUT2D eigenvalue weighted by Crippen LogP contribution is 2.14. The first-order valence-electron chi connectivity index (χ1n) is 7.88. The van der Waals surface area contributed by atoms with Crippen LogP contribution in [0.5, 0.6) is 5.75 Å². The Kier molecular flexibility index (Phi) is 5.44. The summed E-state index contributed by atoms with van der Waals surface area (Å²) in [6, 6.07) is 9.82. The summed E-state index contributed by atoms with van der Waals surface area (Å²) in [6.45, 7) is 1.45. The average molecular weight is 337 g/mol. The molecule has 0 aliphatic rings. The molecule has 0 aliphatic carbocycles. The van der Waals surface area contributed by atoms with Gasteiger partial charge in [0.25, 0.3) is 5.78 Å². The minimum Gasteiger partial charge on any atom is -0.481 e. The van der Waals surface area contributed by atoms with E-state index in [4.69, 9.17) is 15.9 Å². The maximum Gasteiger partial charge on any atom is 0.254 e. The normalized spacial score (nSPS) is 10.6. The van der Waals surface area contributed by atoms with Crippen LogP contribution in [0.15, 0.2) is 36.7 Å². The summed E-state index contributed by atoms with van der Waals surface area (Å²) in [6.07, 6.45) is 7.52. The molecule has 2 heterocycles. The number of hydrogen-bond acceptors (Lipinski definition) is 6. The lowest BCUT2D eigenvalue weighted by Crippen LogP contribution is -2.11. The van der Waals surface area contributed by atoms with Crippen LogP contribution >= 0.6 is 0 Å². The van der Waals surface area contributed by atoms with Gasteiger partial charge in [0.05, 0.1) is 12.3 Å². The molecule has 1 N–H and O–H groups in total. The maximum atomic E-state index is 5.37. The molecule has 128 valence electrons. The first-order valence-corrected chi connectivity index (χ1v) is 7.88. The molecule has 0 amide bonds. The Hall–Kier alpha value is -3.11. The van der Waals surface area contributed by atoms with Crippen LogP contribution in [0, 0.1) is 12.3 Å². The molecule has 7 heteroatoms. The number of nitrogens with one attached hydrogen (secondary N) is 1. The summed E-state index contributed by atoms with van der Waals surface area (Å²) in [7, 11) is 1.64. The highest BCUT2D eigenvalue weighted by atomic mass is 16.5. The summed E-state index contributed by atoms with van der Waals surface area (Å²) in [4.78, 5) is 8.52. The number of fused-ring (bicyclic) bond motifs is 1. The van der Waals surface area contributed by atoms with Gasteiger partial charge in [0.2, 0.25) is 0 Å². The Morgan fingerprint density at radius 2 is 2.12 bits per heavy atom. The highest BCUT2D eigenvalue weighted by molar-refractivity contribution is 5.45. The van der Waals surface area contributed by atoms with E-state index < -0.39 is 0 Å². The van der Waals surface area contributed by atoms with Crippen molar-refractivity contribution in [2.75, 3.05) is 25.6 Å². The van der Waals surface area contributed by atoms with Crippen molar-refractivity contribution in [2.45, 2.75) is 13.0 Å². The summed E-state index contributed by atoms with van der Waals surface area (Å²) in [5.41, 5.74) is 2.00. The third-order valence-corrected chi connectivity index (χ3v) is 3.56. The molecule has 0 radical (unpaired) electrons. The van der Waals surface area contributed by atoms with Gasteiger partial charge in [-0.3, -0.25) is 0 Å². The lowest BCUT2D eigenvalue weighted by Gasteiger charge is -2.10. The molecule has 0 atom stereocenters. The first kappa shape index (κ1) is 16.7. The molecule has 3 rings (SSSR count). The topological polar surface area (TPSA) is 73.6 Å². The molecular formula is C18H19N5O2. The van der Waals surface area contributed by atoms with Gasteiger partial charge in [0.15, 0.2) is 0 Å². The van der Waals surface area contributed by atoms with E-state index in [-0.39, 0.29) is 6.61 Å². The number of nitrogens with zero attached hydrogens (tertiary/aromatic N) is 4. The number of anilines is 1. The third-order valence-electron chi connectivity index (χ3n) is 3.56. The van der Waals surface area contributed by atoms with Crippen LogP contribution in [-0.4, -0.2) is 39.8 Å². The molecule has 0 bridgehead atoms. The van der Waals surface area contributed by atoms with Crippen molar-refractivity contribution in [1.29, 1.82) is 0 Å². The Morgan fingerprint density at radius 1 is 1.28 bits per heavy atom. The molecule has 3 aromatic rings. The van der Waals surface area contributed by atoms with Crippen LogP contribution < -0.4 is 10.1 Å². The van der Waals surface area contributed by atoms with Crippen molar-refractivity contribution >= 4 is 11.6 Å². The number of methoxy groups -OCH3 is 1. The van der Waals surface area contributed by atoms with Gasteiger partial charge in [-0.2, -0.15) is 14.6 Å². The van der Waals surface area contributed by atoms with Crippen LogP contribution in [0.2, 0.25) is 0 Å². The quantitative estimate of drug-likeness (QED) is 0.633. The van der Waals surface area contributed by atoms with Crippen molar-refractivity contribution in [1.82, 2.24) is 19.6 Å². The lowest BCUT2D eigenvalue weighted by molar-refractivity contribution is 0.181. The van der Waals surface area contributed by atoms with Gasteiger partial charge in [0, 0.05) is 19.7 Å². The first-order chi connectivity index (χ1) is 12.3. The molecular weight excluding hydrogens is 318 g/mol. The molecule has 0 saturated heterocycles. The smallest absolute Gasteiger partial charge is 0.254 e. The lowest BCUT2D eigenvalue weighted by atomic mass is 10.1. The number of rotatable bonds is 8. The summed E-state index contributed by atoms with van der Waals surface area (Å²) in [5, 5.41) is 7.57. The highest BCUT2D eigenvalue weighted by Gasteiger charge is 2.07. The second kappa shape index (κ2) is 8.13. The van der Waals surface area contributed by atoms with Crippen LogP contribution in [-0.2, 0) is 17.8 Å². The zero-order chi connectivity index (χ0) is 17.5. The van der Waals surface area contributed by atoms with Gasteiger partial charge in [-0.15, -0.1) is 6.42 Å². The van der Waals surface area contributed by atoms with Gasteiger partial charge < -0.3 is 14.8 Å². The zero-order valence-corrected chi connectivity index (χ0v) is 14.0. The fourth-order valence-corrected chi connectivity index (χ4v) is 2.42. The molecule has 7 nitrogen and oxygen atoms in total. The Morgan fingerprint density at radius 3 is 2.88 bits per heavy atom. The monoisotopic (exact) mass is 337 g/mol. The van der Waals surface area contributed by atoms with Crippen LogP contribution in [0.3, 0.4) is 0 Å². The Labute approximate surface area is 146 Å². The predicted octanol–water partition coefficient (Wildman–Crippen LogP) is 1.94. The molecule has 25 heavy (non-hydrogen) atoms. The zero-order valence-electron chi connectivity index (χ0n) is 14.0. The summed E-state index contributed by atoms with van der Waals surface area (Å²) in [5.74, 6) is 4.61. The van der Waals surface area contributed by atoms with Gasteiger partial charge in [-0.1, -0.05) is 18.1 Å². The predicted molar refractivity (Wildman–Crippen MR) is 94.5 cm³/mol. The van der Waals surface area contributed by atoms with E-state index in [0.29, 0.717) is 12.4 Å². The molecule has 0 unspecified atom stereocenters. The van der Waals surface area contributed by atoms with Gasteiger partial charge >= 0.3 is 0 Å². The van der Waals surface area contributed by atoms with Crippen LogP contribution in [0.4, 0.5) is 5.82 Å². The van der Waals surface area contributed by atoms with E-state index >= 15 is 0 Å². The van der Waals surface area contributed by atoms with Crippen molar-refractivity contribution in [3.05, 3.63) is 47.9 Å². The average Bonchev–Trinajstić information content (AvgIpc) is 3.10. The van der Waals surface area contributed by atoms with E-state index in [9.17, 15) is 0 Å². The van der Waals surface area contributed by atoms with E-state index in [1.165, 1.54) is 11.9 Å². The van der Waals surface area contributed by atoms with E-state index in [2.05, 4.69) is 26.3 Å². The fourth-order valence-electron chi connectivity index (χ4n) is 2.42. The number of benzene rings is 1. The second-order valence-electron chi connectivity index (χ2n) is 5.35. The molecule has 0 spiro atoms. The van der Waals surface area contributed by atoms with E-state index in [1.54, 1.807) is 11.6 Å². The van der Waals surface area contributed by atoms with Crippen LogP contribution in [0.25, 0.3) is 5.78 Å². The molecule has 0 aliphatic heterocycles. The third kappa shape index (κ3) is 4.25. The van der Waals surface area contributed by atoms with Crippen molar-refractivity contribution in [2.24, 2.45) is 0 Å². The number of terminal acetylenes is 1. The van der Waals surface area contributed by atoms with Crippen molar-refractivity contribution in [3.63, 3.8) is 0 Å². The molecule has 0 fully saturated rings. The van der Waals surface area contributed by atoms with Crippen LogP contribution in [0.1, 0.15) is 11.3 Å². The van der Waals surface area contributed by atoms with E-state index in [1.807, 2.05) is 30.3 Å². The second-order valence-corrected chi connectivity index (χ2v) is 5.35.